The third-order valence-corrected chi connectivity index (χ3v) is 4.99. The van der Waals surface area contributed by atoms with Crippen molar-refractivity contribution >= 4 is 41.3 Å². The number of aliphatic imine (C=N–C) groups is 1. The van der Waals surface area contributed by atoms with Crippen LogP contribution < -0.4 is 5.32 Å². The highest BCUT2D eigenvalue weighted by molar-refractivity contribution is 14.0. The Labute approximate surface area is 170 Å². The molecule has 6 nitrogen and oxygen atoms in total. The van der Waals surface area contributed by atoms with Crippen LogP contribution in [0.15, 0.2) is 27.0 Å². The van der Waals surface area contributed by atoms with E-state index in [9.17, 15) is 0 Å². The summed E-state index contributed by atoms with van der Waals surface area (Å²) in [4.78, 5) is 12.9. The summed E-state index contributed by atoms with van der Waals surface area (Å²) in [5, 5.41) is 9.59. The minimum absolute atomic E-state index is 0. The van der Waals surface area contributed by atoms with Gasteiger partial charge in [-0.2, -0.15) is 4.98 Å². The SMILES string of the molecule is CCc1nc(CCNC(=NCCc2cccs2)N2CCCC2)no1.I. The van der Waals surface area contributed by atoms with Crippen molar-refractivity contribution in [1.29, 1.82) is 0 Å². The maximum absolute atomic E-state index is 5.15. The van der Waals surface area contributed by atoms with E-state index in [2.05, 4.69) is 37.9 Å². The van der Waals surface area contributed by atoms with Gasteiger partial charge in [0, 0.05) is 50.3 Å². The molecule has 1 aliphatic heterocycles. The zero-order valence-corrected chi connectivity index (χ0v) is 17.8. The van der Waals surface area contributed by atoms with Gasteiger partial charge in [-0.05, 0) is 24.3 Å². The molecule has 1 aliphatic rings. The summed E-state index contributed by atoms with van der Waals surface area (Å²) in [6, 6.07) is 4.27. The van der Waals surface area contributed by atoms with E-state index >= 15 is 0 Å². The van der Waals surface area contributed by atoms with Gasteiger partial charge in [-0.3, -0.25) is 4.99 Å². The normalized spacial score (nSPS) is 14.6. The zero-order valence-electron chi connectivity index (χ0n) is 14.6. The molecule has 0 unspecified atom stereocenters. The molecule has 1 N–H and O–H groups in total. The molecule has 0 bridgehead atoms. The first-order valence-electron chi connectivity index (χ1n) is 8.72. The molecule has 0 atom stereocenters. The molecular formula is C17H26IN5OS. The minimum Gasteiger partial charge on any atom is -0.356 e. The lowest BCUT2D eigenvalue weighted by atomic mass is 10.3. The molecular weight excluding hydrogens is 449 g/mol. The van der Waals surface area contributed by atoms with E-state index in [1.807, 2.05) is 6.92 Å². The smallest absolute Gasteiger partial charge is 0.226 e. The van der Waals surface area contributed by atoms with Crippen molar-refractivity contribution < 1.29 is 4.52 Å². The minimum atomic E-state index is 0. The fourth-order valence-electron chi connectivity index (χ4n) is 2.74. The van der Waals surface area contributed by atoms with Crippen molar-refractivity contribution in [1.82, 2.24) is 20.4 Å². The topological polar surface area (TPSA) is 66.6 Å². The Kier molecular flexibility index (Phi) is 8.66. The molecule has 1 fully saturated rings. The van der Waals surface area contributed by atoms with E-state index in [0.29, 0.717) is 5.89 Å². The van der Waals surface area contributed by atoms with Crippen LogP contribution in [0.4, 0.5) is 0 Å². The van der Waals surface area contributed by atoms with Crippen molar-refractivity contribution in [3.63, 3.8) is 0 Å². The highest BCUT2D eigenvalue weighted by Crippen LogP contribution is 2.10. The third kappa shape index (κ3) is 6.25. The zero-order chi connectivity index (χ0) is 16.6. The second-order valence-electron chi connectivity index (χ2n) is 5.86. The molecule has 3 heterocycles. The van der Waals surface area contributed by atoms with Gasteiger partial charge in [-0.25, -0.2) is 0 Å². The number of aromatic nitrogens is 2. The number of hydrogen-bond acceptors (Lipinski definition) is 5. The van der Waals surface area contributed by atoms with E-state index in [4.69, 9.17) is 9.52 Å². The number of guanidine groups is 1. The van der Waals surface area contributed by atoms with Gasteiger partial charge in [-0.15, -0.1) is 35.3 Å². The summed E-state index contributed by atoms with van der Waals surface area (Å²) < 4.78 is 5.15. The second kappa shape index (κ2) is 10.7. The predicted molar refractivity (Wildman–Crippen MR) is 112 cm³/mol. The van der Waals surface area contributed by atoms with Crippen molar-refractivity contribution in [3.05, 3.63) is 34.1 Å². The number of aryl methyl sites for hydroxylation is 1. The number of nitrogens with zero attached hydrogens (tertiary/aromatic N) is 4. The lowest BCUT2D eigenvalue weighted by Gasteiger charge is -2.21. The molecule has 0 amide bonds. The Bertz CT molecular complexity index is 637. The van der Waals surface area contributed by atoms with Gasteiger partial charge >= 0.3 is 0 Å². The largest absolute Gasteiger partial charge is 0.356 e. The molecule has 138 valence electrons. The van der Waals surface area contributed by atoms with Gasteiger partial charge in [0.15, 0.2) is 11.8 Å². The number of nitrogens with one attached hydrogen (secondary N) is 1. The predicted octanol–water partition coefficient (Wildman–Crippen LogP) is 3.14. The lowest BCUT2D eigenvalue weighted by molar-refractivity contribution is 0.376. The molecule has 3 rings (SSSR count). The van der Waals surface area contributed by atoms with E-state index in [1.165, 1.54) is 17.7 Å². The standard InChI is InChI=1S/C17H25N5OS.HI/c1-2-16-20-15(21-23-16)8-10-19-17(22-11-3-4-12-22)18-9-7-14-6-5-13-24-14;/h5-6,13H,2-4,7-12H2,1H3,(H,18,19);1H. The van der Waals surface area contributed by atoms with Gasteiger partial charge in [0.2, 0.25) is 5.89 Å². The van der Waals surface area contributed by atoms with Gasteiger partial charge in [0.25, 0.3) is 0 Å². The Balaban J connectivity index is 0.00000225. The fourth-order valence-corrected chi connectivity index (χ4v) is 3.44. The molecule has 0 radical (unpaired) electrons. The average Bonchev–Trinajstić information content (AvgIpc) is 3.35. The van der Waals surface area contributed by atoms with Crippen LogP contribution in [0.3, 0.4) is 0 Å². The molecule has 0 saturated carbocycles. The Morgan fingerprint density at radius 2 is 2.20 bits per heavy atom. The summed E-state index contributed by atoms with van der Waals surface area (Å²) in [5.74, 6) is 2.48. The average molecular weight is 475 g/mol. The van der Waals surface area contributed by atoms with Gasteiger partial charge < -0.3 is 14.7 Å². The van der Waals surface area contributed by atoms with E-state index in [-0.39, 0.29) is 24.0 Å². The molecule has 2 aromatic heterocycles. The van der Waals surface area contributed by atoms with Gasteiger partial charge in [0.05, 0.1) is 0 Å². The quantitative estimate of drug-likeness (QED) is 0.379. The van der Waals surface area contributed by atoms with E-state index < -0.39 is 0 Å². The highest BCUT2D eigenvalue weighted by atomic mass is 127. The summed E-state index contributed by atoms with van der Waals surface area (Å²) in [6.45, 7) is 5.79. The van der Waals surface area contributed by atoms with E-state index in [1.54, 1.807) is 11.3 Å². The van der Waals surface area contributed by atoms with Crippen molar-refractivity contribution in [3.8, 4) is 0 Å². The van der Waals surface area contributed by atoms with Crippen LogP contribution in [0, 0.1) is 0 Å². The number of thiophene rings is 1. The number of likely N-dealkylation sites (tertiary alicyclic amines) is 1. The van der Waals surface area contributed by atoms with Gasteiger partial charge in [-0.1, -0.05) is 18.1 Å². The number of hydrogen-bond donors (Lipinski definition) is 1. The van der Waals surface area contributed by atoms with Crippen LogP contribution in [0.5, 0.6) is 0 Å². The molecule has 1 saturated heterocycles. The molecule has 0 spiro atoms. The maximum Gasteiger partial charge on any atom is 0.226 e. The summed E-state index contributed by atoms with van der Waals surface area (Å²) in [6.07, 6.45) is 5.03. The number of rotatable bonds is 7. The Morgan fingerprint density at radius 1 is 1.36 bits per heavy atom. The van der Waals surface area contributed by atoms with Gasteiger partial charge in [0.1, 0.15) is 0 Å². The van der Waals surface area contributed by atoms with Crippen LogP contribution in [0.1, 0.15) is 36.4 Å². The summed E-state index contributed by atoms with van der Waals surface area (Å²) >= 11 is 1.80. The molecule has 8 heteroatoms. The first-order chi connectivity index (χ1) is 11.8. The van der Waals surface area contributed by atoms with Crippen LogP contribution in [-0.4, -0.2) is 47.2 Å². The fraction of sp³-hybridized carbons (Fsp3) is 0.588. The van der Waals surface area contributed by atoms with Crippen LogP contribution in [-0.2, 0) is 19.3 Å². The Hall–Kier alpha value is -1.16. The summed E-state index contributed by atoms with van der Waals surface area (Å²) in [5.41, 5.74) is 0. The molecule has 0 aliphatic carbocycles. The first-order valence-corrected chi connectivity index (χ1v) is 9.60. The molecule has 25 heavy (non-hydrogen) atoms. The second-order valence-corrected chi connectivity index (χ2v) is 6.90. The van der Waals surface area contributed by atoms with Crippen molar-refractivity contribution in [2.45, 2.75) is 39.0 Å². The van der Waals surface area contributed by atoms with Crippen molar-refractivity contribution in [2.24, 2.45) is 4.99 Å². The summed E-state index contributed by atoms with van der Waals surface area (Å²) in [7, 11) is 0. The van der Waals surface area contributed by atoms with Crippen LogP contribution in [0.2, 0.25) is 0 Å². The van der Waals surface area contributed by atoms with Crippen LogP contribution in [0.25, 0.3) is 0 Å². The lowest BCUT2D eigenvalue weighted by Crippen LogP contribution is -2.40. The molecule has 2 aromatic rings. The van der Waals surface area contributed by atoms with Crippen molar-refractivity contribution in [2.75, 3.05) is 26.2 Å². The monoisotopic (exact) mass is 475 g/mol. The van der Waals surface area contributed by atoms with Crippen LogP contribution >= 0.6 is 35.3 Å². The first kappa shape index (κ1) is 20.2. The van der Waals surface area contributed by atoms with E-state index in [0.717, 1.165) is 57.2 Å². The Morgan fingerprint density at radius 3 is 2.88 bits per heavy atom. The highest BCUT2D eigenvalue weighted by Gasteiger charge is 2.16. The maximum atomic E-state index is 5.15. The number of halogens is 1. The third-order valence-electron chi connectivity index (χ3n) is 4.05. The molecule has 0 aromatic carbocycles.